The number of hydrogen-bond donors (Lipinski definition) is 2. The molecule has 2 nitrogen and oxygen atoms in total. The van der Waals surface area contributed by atoms with Crippen LogP contribution in [0.15, 0.2) is 24.3 Å². The number of aliphatic hydroxyl groups is 1. The largest absolute Gasteiger partial charge is 0.395 e. The second kappa shape index (κ2) is 4.77. The molecule has 1 atom stereocenters. The maximum atomic E-state index is 9.34. The lowest BCUT2D eigenvalue weighted by Crippen LogP contribution is -2.35. The summed E-state index contributed by atoms with van der Waals surface area (Å²) in [5.74, 6) is 0.539. The predicted molar refractivity (Wildman–Crippen MR) is 64.0 cm³/mol. The molecule has 0 radical (unpaired) electrons. The van der Waals surface area contributed by atoms with Crippen LogP contribution in [0.3, 0.4) is 0 Å². The van der Waals surface area contributed by atoms with Crippen LogP contribution < -0.4 is 5.73 Å². The van der Waals surface area contributed by atoms with Gasteiger partial charge in [0, 0.05) is 12.0 Å². The van der Waals surface area contributed by atoms with Gasteiger partial charge in [-0.25, -0.2) is 0 Å². The highest BCUT2D eigenvalue weighted by Crippen LogP contribution is 2.24. The van der Waals surface area contributed by atoms with Crippen molar-refractivity contribution in [1.29, 1.82) is 0 Å². The van der Waals surface area contributed by atoms with Gasteiger partial charge >= 0.3 is 0 Å². The van der Waals surface area contributed by atoms with Crippen molar-refractivity contribution in [2.45, 2.75) is 32.1 Å². The third-order valence-corrected chi connectivity index (χ3v) is 3.07. The smallest absolute Gasteiger partial charge is 0.0537 e. The third-order valence-electron chi connectivity index (χ3n) is 3.07. The van der Waals surface area contributed by atoms with E-state index < -0.39 is 0 Å². The number of benzene rings is 1. The summed E-state index contributed by atoms with van der Waals surface area (Å²) in [6.45, 7) is 6.87. The zero-order valence-corrected chi connectivity index (χ0v) is 9.83. The van der Waals surface area contributed by atoms with Gasteiger partial charge in [-0.1, -0.05) is 45.0 Å². The molecule has 1 aromatic rings. The van der Waals surface area contributed by atoms with Crippen LogP contribution in [0.25, 0.3) is 0 Å². The van der Waals surface area contributed by atoms with Gasteiger partial charge in [0.05, 0.1) is 6.61 Å². The number of hydrogen-bond acceptors (Lipinski definition) is 2. The molecule has 3 N–H and O–H groups in total. The second-order valence-corrected chi connectivity index (χ2v) is 4.70. The van der Waals surface area contributed by atoms with Crippen LogP contribution in [0.4, 0.5) is 0 Å². The molecule has 1 rings (SSSR count). The predicted octanol–water partition coefficient (Wildman–Crippen LogP) is 2.02. The number of rotatable bonds is 4. The number of nitrogens with two attached hydrogens (primary N) is 1. The van der Waals surface area contributed by atoms with E-state index in [1.807, 2.05) is 6.92 Å². The zero-order valence-electron chi connectivity index (χ0n) is 9.83. The average molecular weight is 207 g/mol. The summed E-state index contributed by atoms with van der Waals surface area (Å²) in [4.78, 5) is 0. The van der Waals surface area contributed by atoms with Gasteiger partial charge in [0.1, 0.15) is 0 Å². The van der Waals surface area contributed by atoms with E-state index in [0.717, 1.165) is 5.56 Å². The van der Waals surface area contributed by atoms with Crippen molar-refractivity contribution in [2.75, 3.05) is 13.2 Å². The zero-order chi connectivity index (χ0) is 11.5. The topological polar surface area (TPSA) is 46.2 Å². The summed E-state index contributed by atoms with van der Waals surface area (Å²) < 4.78 is 0. The molecule has 0 aliphatic rings. The average Bonchev–Trinajstić information content (AvgIpc) is 2.28. The Balaban J connectivity index is 2.97. The SMILES string of the molecule is CC(C)c1ccc(C(C)(CN)CO)cc1. The fourth-order valence-electron chi connectivity index (χ4n) is 1.54. The van der Waals surface area contributed by atoms with Crippen LogP contribution in [0, 0.1) is 0 Å². The van der Waals surface area contributed by atoms with E-state index in [1.54, 1.807) is 0 Å². The molecule has 0 saturated heterocycles. The molecule has 0 fully saturated rings. The minimum atomic E-state index is -0.310. The molecule has 84 valence electrons. The van der Waals surface area contributed by atoms with Crippen LogP contribution >= 0.6 is 0 Å². The Bertz CT molecular complexity index is 299. The van der Waals surface area contributed by atoms with Gasteiger partial charge < -0.3 is 10.8 Å². The van der Waals surface area contributed by atoms with E-state index in [1.165, 1.54) is 5.56 Å². The second-order valence-electron chi connectivity index (χ2n) is 4.70. The van der Waals surface area contributed by atoms with Gasteiger partial charge in [0.2, 0.25) is 0 Å². The molecule has 1 aromatic carbocycles. The highest BCUT2D eigenvalue weighted by Gasteiger charge is 2.23. The first-order valence-corrected chi connectivity index (χ1v) is 5.45. The van der Waals surface area contributed by atoms with Gasteiger partial charge in [-0.05, 0) is 17.0 Å². The van der Waals surface area contributed by atoms with Crippen LogP contribution in [0.5, 0.6) is 0 Å². The highest BCUT2D eigenvalue weighted by molar-refractivity contribution is 5.30. The first-order chi connectivity index (χ1) is 7.03. The molecule has 0 aliphatic carbocycles. The van der Waals surface area contributed by atoms with Crippen LogP contribution in [-0.4, -0.2) is 18.3 Å². The van der Waals surface area contributed by atoms with Crippen molar-refractivity contribution >= 4 is 0 Å². The van der Waals surface area contributed by atoms with E-state index in [2.05, 4.69) is 38.1 Å². The van der Waals surface area contributed by atoms with Crippen molar-refractivity contribution in [3.8, 4) is 0 Å². The Morgan fingerprint density at radius 2 is 1.80 bits per heavy atom. The van der Waals surface area contributed by atoms with Crippen LogP contribution in [0.1, 0.15) is 37.8 Å². The Kier molecular flexibility index (Phi) is 3.89. The summed E-state index contributed by atoms with van der Waals surface area (Å²) in [5.41, 5.74) is 7.80. The molecule has 2 heteroatoms. The maximum Gasteiger partial charge on any atom is 0.0537 e. The molecular weight excluding hydrogens is 186 g/mol. The summed E-state index contributed by atoms with van der Waals surface area (Å²) in [7, 11) is 0. The molecule has 0 aromatic heterocycles. The molecule has 1 unspecified atom stereocenters. The van der Waals surface area contributed by atoms with Crippen molar-refractivity contribution < 1.29 is 5.11 Å². The standard InChI is InChI=1S/C13H21NO/c1-10(2)11-4-6-12(7-5-11)13(3,8-14)9-15/h4-7,10,15H,8-9,14H2,1-3H3. The van der Waals surface area contributed by atoms with Crippen molar-refractivity contribution in [2.24, 2.45) is 5.73 Å². The molecule has 0 saturated carbocycles. The van der Waals surface area contributed by atoms with Gasteiger partial charge in [-0.15, -0.1) is 0 Å². The molecule has 0 amide bonds. The van der Waals surface area contributed by atoms with E-state index in [0.29, 0.717) is 12.5 Å². The maximum absolute atomic E-state index is 9.34. The Labute approximate surface area is 92.1 Å². The third kappa shape index (κ3) is 2.58. The first-order valence-electron chi connectivity index (χ1n) is 5.45. The Morgan fingerprint density at radius 3 is 2.13 bits per heavy atom. The molecule has 0 spiro atoms. The monoisotopic (exact) mass is 207 g/mol. The minimum Gasteiger partial charge on any atom is -0.395 e. The minimum absolute atomic E-state index is 0.0878. The van der Waals surface area contributed by atoms with E-state index in [9.17, 15) is 5.11 Å². The molecular formula is C13H21NO. The lowest BCUT2D eigenvalue weighted by atomic mass is 9.82. The van der Waals surface area contributed by atoms with Gasteiger partial charge in [-0.2, -0.15) is 0 Å². The first kappa shape index (κ1) is 12.2. The van der Waals surface area contributed by atoms with E-state index in [-0.39, 0.29) is 12.0 Å². The van der Waals surface area contributed by atoms with E-state index in [4.69, 9.17) is 5.73 Å². The van der Waals surface area contributed by atoms with Gasteiger partial charge in [0.15, 0.2) is 0 Å². The Hall–Kier alpha value is -0.860. The van der Waals surface area contributed by atoms with Crippen molar-refractivity contribution in [1.82, 2.24) is 0 Å². The highest BCUT2D eigenvalue weighted by atomic mass is 16.3. The van der Waals surface area contributed by atoms with Crippen molar-refractivity contribution in [3.63, 3.8) is 0 Å². The molecule has 0 aliphatic heterocycles. The summed E-state index contributed by atoms with van der Waals surface area (Å²) >= 11 is 0. The van der Waals surface area contributed by atoms with Crippen LogP contribution in [-0.2, 0) is 5.41 Å². The Morgan fingerprint density at radius 1 is 1.27 bits per heavy atom. The normalized spacial score (nSPS) is 15.3. The van der Waals surface area contributed by atoms with Crippen molar-refractivity contribution in [3.05, 3.63) is 35.4 Å². The fraction of sp³-hybridized carbons (Fsp3) is 0.538. The van der Waals surface area contributed by atoms with E-state index >= 15 is 0 Å². The molecule has 15 heavy (non-hydrogen) atoms. The lowest BCUT2D eigenvalue weighted by molar-refractivity contribution is 0.210. The summed E-state index contributed by atoms with van der Waals surface area (Å²) in [6, 6.07) is 8.37. The lowest BCUT2D eigenvalue weighted by Gasteiger charge is -2.26. The van der Waals surface area contributed by atoms with Gasteiger partial charge in [-0.3, -0.25) is 0 Å². The van der Waals surface area contributed by atoms with Crippen LogP contribution in [0.2, 0.25) is 0 Å². The van der Waals surface area contributed by atoms with Gasteiger partial charge in [0.25, 0.3) is 0 Å². The molecule has 0 heterocycles. The fourth-order valence-corrected chi connectivity index (χ4v) is 1.54. The quantitative estimate of drug-likeness (QED) is 0.793. The number of aliphatic hydroxyl groups excluding tert-OH is 1. The summed E-state index contributed by atoms with van der Waals surface area (Å²) in [5, 5.41) is 9.34. The summed E-state index contributed by atoms with van der Waals surface area (Å²) in [6.07, 6.45) is 0. The molecule has 0 bridgehead atoms.